The lowest BCUT2D eigenvalue weighted by Gasteiger charge is -2.23. The van der Waals surface area contributed by atoms with Crippen molar-refractivity contribution < 1.29 is 0 Å². The maximum Gasteiger partial charge on any atom is 0.165 e. The van der Waals surface area contributed by atoms with Crippen LogP contribution in [0.5, 0.6) is 0 Å². The highest BCUT2D eigenvalue weighted by atomic mass is 15.3. The van der Waals surface area contributed by atoms with Crippen LogP contribution in [-0.4, -0.2) is 37.7 Å². The van der Waals surface area contributed by atoms with E-state index < -0.39 is 0 Å². The van der Waals surface area contributed by atoms with Gasteiger partial charge in [-0.2, -0.15) is 9.61 Å². The van der Waals surface area contributed by atoms with Gasteiger partial charge in [-0.15, -0.1) is 0 Å². The Balaban J connectivity index is 1.47. The van der Waals surface area contributed by atoms with Gasteiger partial charge in [0.1, 0.15) is 5.65 Å². The van der Waals surface area contributed by atoms with Crippen molar-refractivity contribution in [3.63, 3.8) is 0 Å². The summed E-state index contributed by atoms with van der Waals surface area (Å²) in [4.78, 5) is 13.2. The average Bonchev–Trinajstić information content (AvgIpc) is 3.47. The largest absolute Gasteiger partial charge is 0.346 e. The summed E-state index contributed by atoms with van der Waals surface area (Å²) in [7, 11) is 0. The molecule has 6 nitrogen and oxygen atoms in total. The summed E-state index contributed by atoms with van der Waals surface area (Å²) in [5.74, 6) is 0.468. The lowest BCUT2D eigenvalue weighted by atomic mass is 9.92. The second-order valence-electron chi connectivity index (χ2n) is 7.85. The van der Waals surface area contributed by atoms with Crippen LogP contribution in [0.4, 0.5) is 0 Å². The van der Waals surface area contributed by atoms with E-state index in [2.05, 4.69) is 45.7 Å². The highest BCUT2D eigenvalue weighted by Gasteiger charge is 2.22. The zero-order chi connectivity index (χ0) is 19.9. The molecular weight excluding hydrogens is 372 g/mol. The Labute approximate surface area is 174 Å². The van der Waals surface area contributed by atoms with Gasteiger partial charge in [0.25, 0.3) is 0 Å². The van der Waals surface area contributed by atoms with Gasteiger partial charge in [-0.3, -0.25) is 4.98 Å². The summed E-state index contributed by atoms with van der Waals surface area (Å²) in [6.45, 7) is 2.08. The topological polar surface area (TPSA) is 70.9 Å². The quantitative estimate of drug-likeness (QED) is 0.476. The van der Waals surface area contributed by atoms with Crippen LogP contribution in [0.25, 0.3) is 39.1 Å². The second-order valence-corrected chi connectivity index (χ2v) is 7.85. The molecule has 0 aliphatic carbocycles. The summed E-state index contributed by atoms with van der Waals surface area (Å²) >= 11 is 0. The first-order chi connectivity index (χ1) is 14.9. The van der Waals surface area contributed by atoms with Crippen molar-refractivity contribution in [3.8, 4) is 22.4 Å². The zero-order valence-corrected chi connectivity index (χ0v) is 16.5. The Morgan fingerprint density at radius 2 is 1.77 bits per heavy atom. The second kappa shape index (κ2) is 7.07. The van der Waals surface area contributed by atoms with E-state index in [4.69, 9.17) is 9.97 Å². The molecule has 0 bridgehead atoms. The van der Waals surface area contributed by atoms with Gasteiger partial charge in [0.15, 0.2) is 5.65 Å². The predicted molar refractivity (Wildman–Crippen MR) is 118 cm³/mol. The standard InChI is InChI=1S/C24H22N6/c1-2-4-16(5-3-1)21-7-6-18(14-27-21)20-15-28-30-23-19(10-13-26-23)22(29-24(20)30)17-8-11-25-12-9-17/h1-7,10,13-15,17,25-26H,8-9,11-12H2. The molecule has 1 fully saturated rings. The molecule has 0 spiro atoms. The zero-order valence-electron chi connectivity index (χ0n) is 16.5. The predicted octanol–water partition coefficient (Wildman–Crippen LogP) is 4.41. The molecular formula is C24H22N6. The Morgan fingerprint density at radius 3 is 2.57 bits per heavy atom. The fraction of sp³-hybridized carbons (Fsp3) is 0.208. The van der Waals surface area contributed by atoms with E-state index in [0.717, 1.165) is 59.6 Å². The van der Waals surface area contributed by atoms with E-state index in [1.807, 2.05) is 41.3 Å². The maximum absolute atomic E-state index is 5.14. The molecule has 1 aliphatic rings. The van der Waals surface area contributed by atoms with Gasteiger partial charge < -0.3 is 10.3 Å². The molecule has 30 heavy (non-hydrogen) atoms. The number of rotatable bonds is 3. The van der Waals surface area contributed by atoms with Crippen molar-refractivity contribution in [2.24, 2.45) is 0 Å². The fourth-order valence-electron chi connectivity index (χ4n) is 4.47. The summed E-state index contributed by atoms with van der Waals surface area (Å²) in [6, 6.07) is 16.5. The molecule has 0 unspecified atom stereocenters. The number of hydrogen-bond acceptors (Lipinski definition) is 4. The van der Waals surface area contributed by atoms with Crippen molar-refractivity contribution >= 4 is 16.7 Å². The lowest BCUT2D eigenvalue weighted by Crippen LogP contribution is -2.27. The van der Waals surface area contributed by atoms with Crippen LogP contribution in [0.1, 0.15) is 24.5 Å². The number of nitrogens with one attached hydrogen (secondary N) is 2. The third kappa shape index (κ3) is 2.80. The number of pyridine rings is 1. The molecule has 6 heteroatoms. The molecule has 1 aromatic carbocycles. The third-order valence-electron chi connectivity index (χ3n) is 6.05. The molecule has 1 saturated heterocycles. The molecule has 0 saturated carbocycles. The maximum atomic E-state index is 5.14. The summed E-state index contributed by atoms with van der Waals surface area (Å²) < 4.78 is 1.92. The lowest BCUT2D eigenvalue weighted by molar-refractivity contribution is 0.456. The van der Waals surface area contributed by atoms with E-state index >= 15 is 0 Å². The van der Waals surface area contributed by atoms with Gasteiger partial charge in [-0.1, -0.05) is 36.4 Å². The minimum absolute atomic E-state index is 0.468. The Hall–Kier alpha value is -3.51. The van der Waals surface area contributed by atoms with Gasteiger partial charge in [0, 0.05) is 40.4 Å². The van der Waals surface area contributed by atoms with E-state index in [-0.39, 0.29) is 0 Å². The molecule has 6 rings (SSSR count). The number of aromatic nitrogens is 5. The van der Waals surface area contributed by atoms with E-state index in [9.17, 15) is 0 Å². The molecule has 148 valence electrons. The number of nitrogens with zero attached hydrogens (tertiary/aromatic N) is 4. The van der Waals surface area contributed by atoms with Crippen molar-refractivity contribution in [1.29, 1.82) is 0 Å². The van der Waals surface area contributed by atoms with Crippen molar-refractivity contribution in [3.05, 3.63) is 72.8 Å². The number of aromatic amines is 1. The Bertz CT molecular complexity index is 1310. The van der Waals surface area contributed by atoms with Crippen molar-refractivity contribution in [2.45, 2.75) is 18.8 Å². The number of fused-ring (bicyclic) bond motifs is 3. The van der Waals surface area contributed by atoms with Crippen molar-refractivity contribution in [2.75, 3.05) is 13.1 Å². The van der Waals surface area contributed by atoms with E-state index in [1.54, 1.807) is 0 Å². The van der Waals surface area contributed by atoms with Crippen LogP contribution < -0.4 is 5.32 Å². The molecule has 0 amide bonds. The number of H-pyrrole nitrogens is 1. The van der Waals surface area contributed by atoms with Crippen LogP contribution >= 0.6 is 0 Å². The van der Waals surface area contributed by atoms with Gasteiger partial charge in [-0.25, -0.2) is 4.98 Å². The van der Waals surface area contributed by atoms with Gasteiger partial charge in [0.05, 0.1) is 17.6 Å². The fourth-order valence-corrected chi connectivity index (χ4v) is 4.47. The van der Waals surface area contributed by atoms with Gasteiger partial charge >= 0.3 is 0 Å². The SMILES string of the molecule is c1ccc(-c2ccc(-c3cnn4c3nc(C3CCNCC3)c3cc[nH]c34)cn2)cc1. The van der Waals surface area contributed by atoms with Crippen LogP contribution in [0, 0.1) is 0 Å². The molecule has 5 aromatic rings. The van der Waals surface area contributed by atoms with E-state index in [0.29, 0.717) is 5.92 Å². The molecule has 4 aromatic heterocycles. The van der Waals surface area contributed by atoms with E-state index in [1.165, 1.54) is 11.1 Å². The number of benzene rings is 1. The Kier molecular flexibility index (Phi) is 4.09. The van der Waals surface area contributed by atoms with Crippen LogP contribution in [0.3, 0.4) is 0 Å². The van der Waals surface area contributed by atoms with Crippen LogP contribution in [0.2, 0.25) is 0 Å². The highest BCUT2D eigenvalue weighted by Crippen LogP contribution is 2.33. The first-order valence-corrected chi connectivity index (χ1v) is 10.5. The number of hydrogen-bond donors (Lipinski definition) is 2. The minimum atomic E-state index is 0.468. The molecule has 0 atom stereocenters. The normalized spacial score (nSPS) is 15.2. The summed E-state index contributed by atoms with van der Waals surface area (Å²) in [5, 5.41) is 9.27. The van der Waals surface area contributed by atoms with Crippen molar-refractivity contribution in [1.82, 2.24) is 29.9 Å². The van der Waals surface area contributed by atoms with Crippen LogP contribution in [-0.2, 0) is 0 Å². The third-order valence-corrected chi connectivity index (χ3v) is 6.05. The van der Waals surface area contributed by atoms with Gasteiger partial charge in [0.2, 0.25) is 0 Å². The summed E-state index contributed by atoms with van der Waals surface area (Å²) in [5.41, 5.74) is 7.18. The molecule has 5 heterocycles. The van der Waals surface area contributed by atoms with Gasteiger partial charge in [-0.05, 0) is 38.1 Å². The summed E-state index contributed by atoms with van der Waals surface area (Å²) in [6.07, 6.45) is 8.02. The highest BCUT2D eigenvalue weighted by molar-refractivity contribution is 5.86. The minimum Gasteiger partial charge on any atom is -0.346 e. The first kappa shape index (κ1) is 17.4. The van der Waals surface area contributed by atoms with Crippen LogP contribution in [0.15, 0.2) is 67.1 Å². The molecule has 1 aliphatic heterocycles. The Morgan fingerprint density at radius 1 is 0.900 bits per heavy atom. The average molecular weight is 394 g/mol. The molecule has 0 radical (unpaired) electrons. The first-order valence-electron chi connectivity index (χ1n) is 10.5. The molecule has 2 N–H and O–H groups in total. The number of piperidine rings is 1. The smallest absolute Gasteiger partial charge is 0.165 e. The monoisotopic (exact) mass is 394 g/mol.